The molecule has 4 rings (SSSR count). The van der Waals surface area contributed by atoms with E-state index >= 15 is 0 Å². The Morgan fingerprint density at radius 3 is 2.31 bits per heavy atom. The van der Waals surface area contributed by atoms with E-state index in [1.165, 1.54) is 4.90 Å². The number of aliphatic hydroxyl groups is 1. The number of ketones is 1. The number of methoxy groups -OCH3 is 2. The summed E-state index contributed by atoms with van der Waals surface area (Å²) in [5, 5.41) is 11.4. The molecule has 0 bridgehead atoms. The Labute approximate surface area is 187 Å². The third-order valence-electron chi connectivity index (χ3n) is 5.73. The van der Waals surface area contributed by atoms with Gasteiger partial charge in [-0.1, -0.05) is 54.6 Å². The van der Waals surface area contributed by atoms with Gasteiger partial charge in [-0.05, 0) is 29.3 Å². The van der Waals surface area contributed by atoms with Crippen LogP contribution in [0.5, 0.6) is 11.5 Å². The molecule has 164 valence electrons. The number of rotatable bonds is 8. The Morgan fingerprint density at radius 1 is 0.906 bits per heavy atom. The fraction of sp³-hybridized carbons (Fsp3) is 0.231. The molecule has 1 aliphatic rings. The summed E-state index contributed by atoms with van der Waals surface area (Å²) in [6, 6.07) is 21.8. The molecule has 3 aromatic rings. The van der Waals surface area contributed by atoms with E-state index in [-0.39, 0.29) is 25.2 Å². The van der Waals surface area contributed by atoms with Crippen molar-refractivity contribution in [2.45, 2.75) is 25.0 Å². The third-order valence-corrected chi connectivity index (χ3v) is 5.73. The van der Waals surface area contributed by atoms with Gasteiger partial charge in [0.25, 0.3) is 5.91 Å². The Balaban J connectivity index is 1.61. The monoisotopic (exact) mass is 431 g/mol. The molecule has 0 saturated carbocycles. The minimum absolute atomic E-state index is 0.161. The molecule has 1 heterocycles. The Morgan fingerprint density at radius 2 is 1.59 bits per heavy atom. The number of hydrogen-bond donors (Lipinski definition) is 1. The van der Waals surface area contributed by atoms with Crippen molar-refractivity contribution >= 4 is 17.4 Å². The summed E-state index contributed by atoms with van der Waals surface area (Å²) in [6.07, 6.45) is -0.117. The molecule has 0 aromatic heterocycles. The normalized spacial score (nSPS) is 17.2. The molecular formula is C26H25NO5. The van der Waals surface area contributed by atoms with E-state index in [1.54, 1.807) is 44.6 Å². The van der Waals surface area contributed by atoms with Crippen molar-refractivity contribution in [3.05, 3.63) is 89.5 Å². The number of carbonyl (C=O) groups is 2. The van der Waals surface area contributed by atoms with Crippen LogP contribution in [0, 0.1) is 0 Å². The summed E-state index contributed by atoms with van der Waals surface area (Å²) in [6.45, 7) is 0.228. The van der Waals surface area contributed by atoms with E-state index in [0.29, 0.717) is 22.7 Å². The predicted octanol–water partition coefficient (Wildman–Crippen LogP) is 3.64. The molecule has 0 fully saturated rings. The van der Waals surface area contributed by atoms with Crippen LogP contribution < -0.4 is 14.4 Å². The average Bonchev–Trinajstić information content (AvgIpc) is 3.01. The number of nitrogens with zero attached hydrogens (tertiary/aromatic N) is 1. The molecule has 1 N–H and O–H groups in total. The molecule has 0 aliphatic carbocycles. The van der Waals surface area contributed by atoms with Gasteiger partial charge in [-0.25, -0.2) is 0 Å². The molecule has 1 atom stereocenters. The maximum atomic E-state index is 13.4. The lowest BCUT2D eigenvalue weighted by Crippen LogP contribution is -2.41. The zero-order valence-corrected chi connectivity index (χ0v) is 18.1. The molecular weight excluding hydrogens is 406 g/mol. The van der Waals surface area contributed by atoms with Gasteiger partial charge in [0.15, 0.2) is 17.1 Å². The average molecular weight is 431 g/mol. The highest BCUT2D eigenvalue weighted by Gasteiger charge is 2.50. The molecule has 0 spiro atoms. The topological polar surface area (TPSA) is 76.1 Å². The first-order valence-corrected chi connectivity index (χ1v) is 10.4. The van der Waals surface area contributed by atoms with Crippen LogP contribution in [0.2, 0.25) is 0 Å². The molecule has 1 aliphatic heterocycles. The highest BCUT2D eigenvalue weighted by molar-refractivity contribution is 6.08. The number of ether oxygens (including phenoxy) is 2. The second-order valence-corrected chi connectivity index (χ2v) is 7.84. The minimum atomic E-state index is -1.89. The fourth-order valence-electron chi connectivity index (χ4n) is 4.17. The Hall–Kier alpha value is -3.64. The number of amides is 1. The van der Waals surface area contributed by atoms with Crippen LogP contribution in [0.15, 0.2) is 72.8 Å². The van der Waals surface area contributed by atoms with Gasteiger partial charge in [0.1, 0.15) is 5.78 Å². The minimum Gasteiger partial charge on any atom is -0.493 e. The SMILES string of the molecule is COc1ccc(CN2C(=O)[C@](O)(CC(=O)Cc3ccccc3)c3ccccc32)cc1OC. The lowest BCUT2D eigenvalue weighted by molar-refractivity contribution is -0.141. The van der Waals surface area contributed by atoms with Gasteiger partial charge in [0, 0.05) is 18.4 Å². The van der Waals surface area contributed by atoms with E-state index in [1.807, 2.05) is 42.5 Å². The van der Waals surface area contributed by atoms with E-state index in [0.717, 1.165) is 11.1 Å². The molecule has 6 heteroatoms. The summed E-state index contributed by atoms with van der Waals surface area (Å²) >= 11 is 0. The quantitative estimate of drug-likeness (QED) is 0.589. The highest BCUT2D eigenvalue weighted by atomic mass is 16.5. The number of hydrogen-bond acceptors (Lipinski definition) is 5. The first-order chi connectivity index (χ1) is 15.5. The number of anilines is 1. The van der Waals surface area contributed by atoms with Crippen molar-refractivity contribution in [3.8, 4) is 11.5 Å². The summed E-state index contributed by atoms with van der Waals surface area (Å²) < 4.78 is 10.6. The zero-order valence-electron chi connectivity index (χ0n) is 18.1. The van der Waals surface area contributed by atoms with Crippen molar-refractivity contribution in [1.29, 1.82) is 0 Å². The first-order valence-electron chi connectivity index (χ1n) is 10.4. The van der Waals surface area contributed by atoms with Gasteiger partial charge >= 0.3 is 0 Å². The van der Waals surface area contributed by atoms with Gasteiger partial charge in [-0.3, -0.25) is 9.59 Å². The largest absolute Gasteiger partial charge is 0.493 e. The zero-order chi connectivity index (χ0) is 22.7. The Kier molecular flexibility index (Phi) is 5.97. The van der Waals surface area contributed by atoms with Crippen molar-refractivity contribution in [1.82, 2.24) is 0 Å². The lowest BCUT2D eigenvalue weighted by Gasteiger charge is -2.23. The molecule has 0 unspecified atom stereocenters. The second-order valence-electron chi connectivity index (χ2n) is 7.84. The van der Waals surface area contributed by atoms with Gasteiger partial charge in [-0.15, -0.1) is 0 Å². The van der Waals surface area contributed by atoms with Crippen molar-refractivity contribution in [2.75, 3.05) is 19.1 Å². The summed E-state index contributed by atoms with van der Waals surface area (Å²) in [5.41, 5.74) is 0.820. The van der Waals surface area contributed by atoms with Crippen LogP contribution in [0.25, 0.3) is 0 Å². The predicted molar refractivity (Wildman–Crippen MR) is 121 cm³/mol. The van der Waals surface area contributed by atoms with Crippen LogP contribution >= 0.6 is 0 Å². The smallest absolute Gasteiger partial charge is 0.264 e. The van der Waals surface area contributed by atoms with E-state index < -0.39 is 11.5 Å². The van der Waals surface area contributed by atoms with Crippen molar-refractivity contribution < 1.29 is 24.2 Å². The van der Waals surface area contributed by atoms with E-state index in [2.05, 4.69) is 0 Å². The number of carbonyl (C=O) groups excluding carboxylic acids is 2. The molecule has 0 radical (unpaired) electrons. The van der Waals surface area contributed by atoms with E-state index in [9.17, 15) is 14.7 Å². The molecule has 0 saturated heterocycles. The second kappa shape index (κ2) is 8.85. The van der Waals surface area contributed by atoms with Crippen LogP contribution in [0.1, 0.15) is 23.1 Å². The maximum absolute atomic E-state index is 13.4. The highest BCUT2D eigenvalue weighted by Crippen LogP contribution is 2.43. The third kappa shape index (κ3) is 3.97. The van der Waals surface area contributed by atoms with Crippen LogP contribution in [0.3, 0.4) is 0 Å². The van der Waals surface area contributed by atoms with Crippen LogP contribution in [0.4, 0.5) is 5.69 Å². The number of para-hydroxylation sites is 1. The molecule has 1 amide bonds. The fourth-order valence-corrected chi connectivity index (χ4v) is 4.17. The van der Waals surface area contributed by atoms with E-state index in [4.69, 9.17) is 9.47 Å². The maximum Gasteiger partial charge on any atom is 0.264 e. The number of Topliss-reactive ketones (excluding diaryl/α,β-unsaturated/α-hetero) is 1. The molecule has 3 aromatic carbocycles. The van der Waals surface area contributed by atoms with Crippen molar-refractivity contribution in [2.24, 2.45) is 0 Å². The van der Waals surface area contributed by atoms with Gasteiger partial charge in [-0.2, -0.15) is 0 Å². The standard InChI is InChI=1S/C26H25NO5/c1-31-23-13-12-19(15-24(23)32-2)17-27-22-11-7-6-10-21(22)26(30,25(27)29)16-20(28)14-18-8-4-3-5-9-18/h3-13,15,30H,14,16-17H2,1-2H3/t26-/m0/s1. The summed E-state index contributed by atoms with van der Waals surface area (Å²) in [4.78, 5) is 27.7. The summed E-state index contributed by atoms with van der Waals surface area (Å²) in [7, 11) is 3.11. The van der Waals surface area contributed by atoms with Crippen LogP contribution in [-0.4, -0.2) is 31.0 Å². The van der Waals surface area contributed by atoms with Gasteiger partial charge < -0.3 is 19.5 Å². The lowest BCUT2D eigenvalue weighted by atomic mass is 9.88. The van der Waals surface area contributed by atoms with Crippen molar-refractivity contribution in [3.63, 3.8) is 0 Å². The number of benzene rings is 3. The first kappa shape index (κ1) is 21.6. The number of fused-ring (bicyclic) bond motifs is 1. The Bertz CT molecular complexity index is 1140. The van der Waals surface area contributed by atoms with Gasteiger partial charge in [0.2, 0.25) is 0 Å². The van der Waals surface area contributed by atoms with Gasteiger partial charge in [0.05, 0.1) is 26.5 Å². The molecule has 32 heavy (non-hydrogen) atoms. The molecule has 6 nitrogen and oxygen atoms in total. The summed E-state index contributed by atoms with van der Waals surface area (Å²) in [5.74, 6) is 0.440. The van der Waals surface area contributed by atoms with Crippen LogP contribution in [-0.2, 0) is 28.2 Å².